The van der Waals surface area contributed by atoms with Gasteiger partial charge in [-0.3, -0.25) is 4.79 Å². The van der Waals surface area contributed by atoms with Crippen LogP contribution < -0.4 is 10.1 Å². The van der Waals surface area contributed by atoms with Gasteiger partial charge in [-0.25, -0.2) is 0 Å². The van der Waals surface area contributed by atoms with Crippen LogP contribution in [0.4, 0.5) is 0 Å². The number of aromatic nitrogens is 1. The Balaban J connectivity index is 2.49. The number of carbonyl (C=O) groups excluding carboxylic acids is 1. The first-order chi connectivity index (χ1) is 7.70. The van der Waals surface area contributed by atoms with Gasteiger partial charge in [-0.05, 0) is 13.3 Å². The van der Waals surface area contributed by atoms with E-state index < -0.39 is 0 Å². The lowest BCUT2D eigenvalue weighted by atomic mass is 10.2. The molecule has 0 radical (unpaired) electrons. The first-order valence-electron chi connectivity index (χ1n) is 5.49. The lowest BCUT2D eigenvalue weighted by Crippen LogP contribution is -2.25. The van der Waals surface area contributed by atoms with Gasteiger partial charge in [-0.15, -0.1) is 0 Å². The van der Waals surface area contributed by atoms with E-state index in [2.05, 4.69) is 17.4 Å². The molecule has 1 aromatic heterocycles. The summed E-state index contributed by atoms with van der Waals surface area (Å²) < 4.78 is 9.77. The number of hydrogen-bond acceptors (Lipinski definition) is 4. The molecule has 0 saturated carbocycles. The van der Waals surface area contributed by atoms with Gasteiger partial charge in [0.2, 0.25) is 0 Å². The van der Waals surface area contributed by atoms with E-state index in [4.69, 9.17) is 9.26 Å². The van der Waals surface area contributed by atoms with Crippen molar-refractivity contribution in [2.75, 3.05) is 13.7 Å². The highest BCUT2D eigenvalue weighted by molar-refractivity contribution is 5.93. The van der Waals surface area contributed by atoms with Crippen LogP contribution in [0.2, 0.25) is 0 Å². The van der Waals surface area contributed by atoms with Gasteiger partial charge >= 0.3 is 5.95 Å². The van der Waals surface area contributed by atoms with Gasteiger partial charge in [0, 0.05) is 6.54 Å². The summed E-state index contributed by atoms with van der Waals surface area (Å²) in [5, 5.41) is 6.47. The molecule has 5 nitrogen and oxygen atoms in total. The molecule has 5 heteroatoms. The summed E-state index contributed by atoms with van der Waals surface area (Å²) in [6, 6.07) is 0. The van der Waals surface area contributed by atoms with Crippen molar-refractivity contribution >= 4 is 5.91 Å². The highest BCUT2D eigenvalue weighted by atomic mass is 16.6. The van der Waals surface area contributed by atoms with Crippen molar-refractivity contribution in [2.24, 2.45) is 0 Å². The third kappa shape index (κ3) is 2.98. The average molecular weight is 226 g/mol. The molecule has 1 N–H and O–H groups in total. The van der Waals surface area contributed by atoms with Crippen molar-refractivity contribution < 1.29 is 14.1 Å². The molecule has 0 aliphatic carbocycles. The minimum atomic E-state index is -0.208. The fraction of sp³-hybridized carbons (Fsp3) is 0.636. The Morgan fingerprint density at radius 1 is 1.50 bits per heavy atom. The topological polar surface area (TPSA) is 64.4 Å². The van der Waals surface area contributed by atoms with Gasteiger partial charge in [0.25, 0.3) is 5.91 Å². The minimum absolute atomic E-state index is 0.208. The van der Waals surface area contributed by atoms with Gasteiger partial charge in [0.15, 0.2) is 5.69 Å². The molecular weight excluding hydrogens is 208 g/mol. The molecule has 16 heavy (non-hydrogen) atoms. The molecular formula is C11H18N2O3. The van der Waals surface area contributed by atoms with Crippen LogP contribution in [0.3, 0.4) is 0 Å². The quantitative estimate of drug-likeness (QED) is 0.752. The fourth-order valence-electron chi connectivity index (χ4n) is 1.38. The largest absolute Gasteiger partial charge is 0.467 e. The van der Waals surface area contributed by atoms with Crippen LogP contribution in [0.1, 0.15) is 42.2 Å². The zero-order chi connectivity index (χ0) is 12.0. The number of carbonyl (C=O) groups is 1. The van der Waals surface area contributed by atoms with Crippen molar-refractivity contribution in [2.45, 2.75) is 33.1 Å². The van der Waals surface area contributed by atoms with Gasteiger partial charge in [-0.1, -0.05) is 24.9 Å². The molecule has 0 unspecified atom stereocenters. The summed E-state index contributed by atoms with van der Waals surface area (Å²) in [4.78, 5) is 11.7. The summed E-state index contributed by atoms with van der Waals surface area (Å²) in [5.74, 6) is 0.0827. The number of ether oxygens (including phenoxy) is 1. The smallest absolute Gasteiger partial charge is 0.314 e. The van der Waals surface area contributed by atoms with E-state index in [1.807, 2.05) is 0 Å². The number of hydrogen-bond donors (Lipinski definition) is 1. The van der Waals surface area contributed by atoms with Gasteiger partial charge in [-0.2, -0.15) is 0 Å². The maximum Gasteiger partial charge on any atom is 0.314 e. The zero-order valence-corrected chi connectivity index (χ0v) is 10.0. The van der Waals surface area contributed by atoms with E-state index in [0.717, 1.165) is 19.3 Å². The van der Waals surface area contributed by atoms with Crippen LogP contribution in [0, 0.1) is 6.92 Å². The molecule has 1 aromatic rings. The first kappa shape index (κ1) is 12.5. The predicted molar refractivity (Wildman–Crippen MR) is 59.7 cm³/mol. The van der Waals surface area contributed by atoms with Crippen molar-refractivity contribution in [1.82, 2.24) is 10.5 Å². The Labute approximate surface area is 95.1 Å². The van der Waals surface area contributed by atoms with E-state index in [1.165, 1.54) is 7.11 Å². The number of rotatable bonds is 6. The first-order valence-corrected chi connectivity index (χ1v) is 5.49. The third-order valence-corrected chi connectivity index (χ3v) is 2.35. The van der Waals surface area contributed by atoms with E-state index in [9.17, 15) is 4.79 Å². The number of methoxy groups -OCH3 is 1. The molecule has 1 rings (SSSR count). The van der Waals surface area contributed by atoms with Gasteiger partial charge in [0.1, 0.15) is 0 Å². The van der Waals surface area contributed by atoms with Crippen molar-refractivity contribution in [3.63, 3.8) is 0 Å². The van der Waals surface area contributed by atoms with E-state index in [1.54, 1.807) is 6.92 Å². The van der Waals surface area contributed by atoms with Crippen molar-refractivity contribution in [3.05, 3.63) is 11.3 Å². The Morgan fingerprint density at radius 3 is 2.81 bits per heavy atom. The van der Waals surface area contributed by atoms with Gasteiger partial charge in [0.05, 0.1) is 12.7 Å². The molecule has 0 saturated heterocycles. The van der Waals surface area contributed by atoms with Gasteiger partial charge < -0.3 is 14.6 Å². The lowest BCUT2D eigenvalue weighted by Gasteiger charge is -2.02. The van der Waals surface area contributed by atoms with Crippen LogP contribution in [0.25, 0.3) is 0 Å². The molecule has 0 atom stereocenters. The molecule has 1 heterocycles. The maximum atomic E-state index is 11.7. The summed E-state index contributed by atoms with van der Waals surface area (Å²) >= 11 is 0. The average Bonchev–Trinajstić information content (AvgIpc) is 2.65. The third-order valence-electron chi connectivity index (χ3n) is 2.35. The number of nitrogens with zero attached hydrogens (tertiary/aromatic N) is 1. The van der Waals surface area contributed by atoms with Crippen molar-refractivity contribution in [3.8, 4) is 5.95 Å². The highest BCUT2D eigenvalue weighted by Crippen LogP contribution is 2.19. The fourth-order valence-corrected chi connectivity index (χ4v) is 1.38. The summed E-state index contributed by atoms with van der Waals surface area (Å²) in [6.07, 6.45) is 3.23. The lowest BCUT2D eigenvalue weighted by molar-refractivity contribution is 0.0943. The van der Waals surface area contributed by atoms with Crippen LogP contribution in [-0.4, -0.2) is 24.7 Å². The van der Waals surface area contributed by atoms with E-state index in [0.29, 0.717) is 23.7 Å². The maximum absolute atomic E-state index is 11.7. The van der Waals surface area contributed by atoms with Crippen LogP contribution >= 0.6 is 0 Å². The Hall–Kier alpha value is -1.52. The Kier molecular flexibility index (Phi) is 4.82. The molecule has 1 amide bonds. The number of amides is 1. The molecule has 0 bridgehead atoms. The highest BCUT2D eigenvalue weighted by Gasteiger charge is 2.18. The normalized spacial score (nSPS) is 10.2. The molecule has 0 fully saturated rings. The Bertz CT molecular complexity index is 347. The molecule has 0 aromatic carbocycles. The number of unbranched alkanes of at least 4 members (excludes halogenated alkanes) is 2. The molecule has 0 aliphatic rings. The predicted octanol–water partition coefficient (Wildman–Crippen LogP) is 1.91. The second-order valence-corrected chi connectivity index (χ2v) is 3.61. The summed E-state index contributed by atoms with van der Waals surface area (Å²) in [5.41, 5.74) is 0.934. The second-order valence-electron chi connectivity index (χ2n) is 3.61. The monoisotopic (exact) mass is 226 g/mol. The summed E-state index contributed by atoms with van der Waals surface area (Å²) in [7, 11) is 1.48. The Morgan fingerprint density at radius 2 is 2.25 bits per heavy atom. The molecule has 90 valence electrons. The SMILES string of the molecule is CCCCCNC(=O)c1noc(OC)c1C. The summed E-state index contributed by atoms with van der Waals surface area (Å²) in [6.45, 7) is 4.53. The van der Waals surface area contributed by atoms with E-state index in [-0.39, 0.29) is 5.91 Å². The van der Waals surface area contributed by atoms with Crippen molar-refractivity contribution in [1.29, 1.82) is 0 Å². The molecule has 0 spiro atoms. The van der Waals surface area contributed by atoms with Crippen LogP contribution in [0.15, 0.2) is 4.52 Å². The second kappa shape index (κ2) is 6.15. The molecule has 0 aliphatic heterocycles. The number of nitrogens with one attached hydrogen (secondary N) is 1. The van der Waals surface area contributed by atoms with E-state index >= 15 is 0 Å². The minimum Gasteiger partial charge on any atom is -0.467 e. The zero-order valence-electron chi connectivity index (χ0n) is 10.0. The van der Waals surface area contributed by atoms with Crippen LogP contribution in [-0.2, 0) is 0 Å². The van der Waals surface area contributed by atoms with Crippen LogP contribution in [0.5, 0.6) is 5.95 Å². The standard InChI is InChI=1S/C11H18N2O3/c1-4-5-6-7-12-10(14)9-8(2)11(15-3)16-13-9/h4-7H2,1-3H3,(H,12,14).